The molecule has 2 rings (SSSR count). The second-order valence-electron chi connectivity index (χ2n) is 3.53. The predicted octanol–water partition coefficient (Wildman–Crippen LogP) is 4.64. The van der Waals surface area contributed by atoms with Gasteiger partial charge in [0.05, 0.1) is 5.88 Å². The topological polar surface area (TPSA) is 9.23 Å². The average molecular weight is 273 g/mol. The summed E-state index contributed by atoms with van der Waals surface area (Å²) in [5.74, 6) is -2.30. The van der Waals surface area contributed by atoms with Crippen molar-refractivity contribution >= 4 is 11.6 Å². The summed E-state index contributed by atoms with van der Waals surface area (Å²) >= 11 is 5.59. The van der Waals surface area contributed by atoms with Gasteiger partial charge in [-0.3, -0.25) is 0 Å². The molecule has 0 unspecified atom stereocenters. The molecule has 5 heteroatoms. The molecule has 0 aliphatic carbocycles. The molecule has 2 aromatic rings. The van der Waals surface area contributed by atoms with Crippen molar-refractivity contribution in [3.05, 3.63) is 59.4 Å². The fourth-order valence-corrected chi connectivity index (χ4v) is 1.70. The van der Waals surface area contributed by atoms with Crippen LogP contribution in [0.15, 0.2) is 36.4 Å². The molecule has 94 valence electrons. The lowest BCUT2D eigenvalue weighted by Crippen LogP contribution is -1.95. The van der Waals surface area contributed by atoms with Gasteiger partial charge in [-0.05, 0) is 24.3 Å². The summed E-state index contributed by atoms with van der Waals surface area (Å²) in [4.78, 5) is 0. The van der Waals surface area contributed by atoms with Gasteiger partial charge in [0.15, 0.2) is 11.6 Å². The van der Waals surface area contributed by atoms with Crippen molar-refractivity contribution in [1.82, 2.24) is 0 Å². The number of rotatable bonds is 3. The van der Waals surface area contributed by atoms with Crippen LogP contribution < -0.4 is 4.74 Å². The highest BCUT2D eigenvalue weighted by atomic mass is 35.5. The SMILES string of the molecule is Fc1ccc(Oc2cccc(F)c2CCl)c(F)c1. The van der Waals surface area contributed by atoms with E-state index in [1.54, 1.807) is 0 Å². The molecule has 2 aromatic carbocycles. The lowest BCUT2D eigenvalue weighted by molar-refractivity contribution is 0.430. The Morgan fingerprint density at radius 3 is 2.39 bits per heavy atom. The van der Waals surface area contributed by atoms with E-state index in [-0.39, 0.29) is 22.9 Å². The smallest absolute Gasteiger partial charge is 0.168 e. The first-order valence-corrected chi connectivity index (χ1v) is 5.61. The Hall–Kier alpha value is -1.68. The minimum atomic E-state index is -0.861. The summed E-state index contributed by atoms with van der Waals surface area (Å²) < 4.78 is 44.7. The standard InChI is InChI=1S/C13H8ClF3O/c14-7-9-10(16)2-1-3-12(9)18-13-5-4-8(15)6-11(13)17/h1-6H,7H2. The maximum Gasteiger partial charge on any atom is 0.168 e. The summed E-state index contributed by atoms with van der Waals surface area (Å²) in [5.41, 5.74) is 0.128. The van der Waals surface area contributed by atoms with Crippen LogP contribution in [0.25, 0.3) is 0 Å². The second-order valence-corrected chi connectivity index (χ2v) is 3.79. The predicted molar refractivity (Wildman–Crippen MR) is 62.4 cm³/mol. The molecule has 0 saturated heterocycles. The van der Waals surface area contributed by atoms with E-state index in [9.17, 15) is 13.2 Å². The third-order valence-corrected chi connectivity index (χ3v) is 2.59. The molecular weight excluding hydrogens is 265 g/mol. The van der Waals surface area contributed by atoms with Gasteiger partial charge in [-0.25, -0.2) is 13.2 Å². The first-order chi connectivity index (χ1) is 8.61. The summed E-state index contributed by atoms with van der Waals surface area (Å²) in [5, 5.41) is 0. The van der Waals surface area contributed by atoms with Gasteiger partial charge in [0.1, 0.15) is 17.4 Å². The monoisotopic (exact) mass is 272 g/mol. The first kappa shape index (κ1) is 12.8. The Balaban J connectivity index is 2.37. The van der Waals surface area contributed by atoms with Crippen LogP contribution in [0.1, 0.15) is 5.56 Å². The van der Waals surface area contributed by atoms with Crippen molar-refractivity contribution in [2.75, 3.05) is 0 Å². The van der Waals surface area contributed by atoms with Gasteiger partial charge in [-0.1, -0.05) is 6.07 Å². The number of hydrogen-bond acceptors (Lipinski definition) is 1. The molecule has 0 aromatic heterocycles. The van der Waals surface area contributed by atoms with Gasteiger partial charge in [-0.15, -0.1) is 11.6 Å². The van der Waals surface area contributed by atoms with Crippen LogP contribution >= 0.6 is 11.6 Å². The zero-order valence-electron chi connectivity index (χ0n) is 9.09. The van der Waals surface area contributed by atoms with Crippen LogP contribution in [0.2, 0.25) is 0 Å². The molecule has 0 spiro atoms. The van der Waals surface area contributed by atoms with Gasteiger partial charge in [-0.2, -0.15) is 0 Å². The van der Waals surface area contributed by atoms with Crippen LogP contribution in [-0.4, -0.2) is 0 Å². The lowest BCUT2D eigenvalue weighted by Gasteiger charge is -2.10. The molecule has 0 aliphatic heterocycles. The minimum absolute atomic E-state index is 0.106. The zero-order chi connectivity index (χ0) is 13.1. The van der Waals surface area contributed by atoms with Crippen LogP contribution in [0.4, 0.5) is 13.2 Å². The molecule has 1 nitrogen and oxygen atoms in total. The number of halogens is 4. The molecule has 0 bridgehead atoms. The number of benzene rings is 2. The van der Waals surface area contributed by atoms with Crippen molar-refractivity contribution in [3.8, 4) is 11.5 Å². The van der Waals surface area contributed by atoms with Crippen LogP contribution in [0, 0.1) is 17.5 Å². The van der Waals surface area contributed by atoms with Gasteiger partial charge < -0.3 is 4.74 Å². The van der Waals surface area contributed by atoms with Crippen molar-refractivity contribution in [2.24, 2.45) is 0 Å². The van der Waals surface area contributed by atoms with Gasteiger partial charge >= 0.3 is 0 Å². The van der Waals surface area contributed by atoms with E-state index >= 15 is 0 Å². The Bertz CT molecular complexity index is 572. The molecule has 18 heavy (non-hydrogen) atoms. The van der Waals surface area contributed by atoms with Gasteiger partial charge in [0.25, 0.3) is 0 Å². The fourth-order valence-electron chi connectivity index (χ4n) is 1.44. The number of ether oxygens (including phenoxy) is 1. The third-order valence-electron chi connectivity index (χ3n) is 2.32. The third kappa shape index (κ3) is 2.59. The van der Waals surface area contributed by atoms with E-state index in [1.165, 1.54) is 18.2 Å². The molecule has 0 aliphatic rings. The number of alkyl halides is 1. The highest BCUT2D eigenvalue weighted by Gasteiger charge is 2.12. The van der Waals surface area contributed by atoms with E-state index in [2.05, 4.69) is 0 Å². The Kier molecular flexibility index (Phi) is 3.77. The van der Waals surface area contributed by atoms with E-state index in [0.717, 1.165) is 12.1 Å². The Labute approximate surface area is 107 Å². The molecular formula is C13H8ClF3O. The molecule has 0 radical (unpaired) electrons. The van der Waals surface area contributed by atoms with Crippen molar-refractivity contribution in [3.63, 3.8) is 0 Å². The first-order valence-electron chi connectivity index (χ1n) is 5.08. The molecule has 0 amide bonds. The maximum atomic E-state index is 13.4. The molecule has 0 atom stereocenters. The van der Waals surface area contributed by atoms with E-state index in [0.29, 0.717) is 6.07 Å². The molecule has 0 saturated carbocycles. The van der Waals surface area contributed by atoms with Gasteiger partial charge in [0, 0.05) is 11.6 Å². The maximum absolute atomic E-state index is 13.4. The highest BCUT2D eigenvalue weighted by Crippen LogP contribution is 2.30. The Morgan fingerprint density at radius 1 is 0.944 bits per heavy atom. The Morgan fingerprint density at radius 2 is 1.72 bits per heavy atom. The molecule has 0 heterocycles. The van der Waals surface area contributed by atoms with Gasteiger partial charge in [0.2, 0.25) is 0 Å². The summed E-state index contributed by atoms with van der Waals surface area (Å²) in [6, 6.07) is 6.98. The largest absolute Gasteiger partial charge is 0.454 e. The van der Waals surface area contributed by atoms with E-state index < -0.39 is 17.5 Å². The van der Waals surface area contributed by atoms with Crippen molar-refractivity contribution < 1.29 is 17.9 Å². The molecule has 0 fully saturated rings. The normalized spacial score (nSPS) is 10.4. The second kappa shape index (κ2) is 5.31. The lowest BCUT2D eigenvalue weighted by atomic mass is 10.2. The zero-order valence-corrected chi connectivity index (χ0v) is 9.85. The van der Waals surface area contributed by atoms with Crippen LogP contribution in [0.3, 0.4) is 0 Å². The fraction of sp³-hybridized carbons (Fsp3) is 0.0769. The average Bonchev–Trinajstić information content (AvgIpc) is 2.33. The summed E-state index contributed by atoms with van der Waals surface area (Å²) in [6.07, 6.45) is 0. The molecule has 0 N–H and O–H groups in total. The summed E-state index contributed by atoms with van der Waals surface area (Å²) in [6.45, 7) is 0. The van der Waals surface area contributed by atoms with Crippen molar-refractivity contribution in [2.45, 2.75) is 5.88 Å². The van der Waals surface area contributed by atoms with E-state index in [1.807, 2.05) is 0 Å². The quantitative estimate of drug-likeness (QED) is 0.740. The highest BCUT2D eigenvalue weighted by molar-refractivity contribution is 6.17. The van der Waals surface area contributed by atoms with Crippen LogP contribution in [0.5, 0.6) is 11.5 Å². The summed E-state index contributed by atoms with van der Waals surface area (Å²) in [7, 11) is 0. The number of hydrogen-bond donors (Lipinski definition) is 0. The van der Waals surface area contributed by atoms with Crippen LogP contribution in [-0.2, 0) is 5.88 Å². The van der Waals surface area contributed by atoms with E-state index in [4.69, 9.17) is 16.3 Å². The minimum Gasteiger partial charge on any atom is -0.454 e. The van der Waals surface area contributed by atoms with Crippen molar-refractivity contribution in [1.29, 1.82) is 0 Å².